The predicted octanol–water partition coefficient (Wildman–Crippen LogP) is 2.14. The van der Waals surface area contributed by atoms with Crippen LogP contribution in [0.4, 0.5) is 5.69 Å². The summed E-state index contributed by atoms with van der Waals surface area (Å²) in [5.74, 6) is -0.0307. The van der Waals surface area contributed by atoms with E-state index in [1.165, 1.54) is 0 Å². The zero-order chi connectivity index (χ0) is 15.1. The van der Waals surface area contributed by atoms with Crippen LogP contribution in [0.2, 0.25) is 5.15 Å². The first kappa shape index (κ1) is 16.2. The Morgan fingerprint density at radius 1 is 1.52 bits per heavy atom. The first-order chi connectivity index (χ1) is 10.2. The number of halogens is 1. The summed E-state index contributed by atoms with van der Waals surface area (Å²) in [6, 6.07) is 4.02. The molecule has 0 radical (unpaired) electrons. The second kappa shape index (κ2) is 8.32. The van der Waals surface area contributed by atoms with E-state index in [1.807, 2.05) is 0 Å². The third-order valence-electron chi connectivity index (χ3n) is 3.72. The lowest BCUT2D eigenvalue weighted by Crippen LogP contribution is -2.46. The molecule has 0 aromatic carbocycles. The largest absolute Gasteiger partial charge is 0.322 e. The molecule has 1 aliphatic rings. The van der Waals surface area contributed by atoms with Gasteiger partial charge < -0.3 is 10.6 Å². The number of hydrogen-bond acceptors (Lipinski definition) is 4. The van der Waals surface area contributed by atoms with Gasteiger partial charge in [-0.05, 0) is 51.0 Å². The SMILES string of the molecule is CCCN(CC(=O)Nc1cccnc1Cl)C1CCNCC1. The van der Waals surface area contributed by atoms with E-state index in [1.54, 1.807) is 18.3 Å². The molecule has 1 fully saturated rings. The minimum Gasteiger partial charge on any atom is -0.322 e. The second-order valence-electron chi connectivity index (χ2n) is 5.34. The van der Waals surface area contributed by atoms with Gasteiger partial charge >= 0.3 is 0 Å². The van der Waals surface area contributed by atoms with Crippen LogP contribution in [0, 0.1) is 0 Å². The molecular formula is C15H23ClN4O. The van der Waals surface area contributed by atoms with Gasteiger partial charge in [-0.1, -0.05) is 18.5 Å². The van der Waals surface area contributed by atoms with Gasteiger partial charge in [-0.2, -0.15) is 0 Å². The van der Waals surface area contributed by atoms with Crippen LogP contribution in [0.1, 0.15) is 26.2 Å². The van der Waals surface area contributed by atoms with E-state index < -0.39 is 0 Å². The van der Waals surface area contributed by atoms with Gasteiger partial charge in [-0.15, -0.1) is 0 Å². The van der Waals surface area contributed by atoms with Crippen molar-refractivity contribution in [3.05, 3.63) is 23.5 Å². The number of hydrogen-bond donors (Lipinski definition) is 2. The number of carbonyl (C=O) groups is 1. The molecule has 1 amide bonds. The molecule has 2 rings (SSSR count). The first-order valence-electron chi connectivity index (χ1n) is 7.56. The van der Waals surface area contributed by atoms with E-state index in [9.17, 15) is 4.79 Å². The van der Waals surface area contributed by atoms with Gasteiger partial charge in [0.25, 0.3) is 0 Å². The lowest BCUT2D eigenvalue weighted by molar-refractivity contribution is -0.118. The number of piperidine rings is 1. The number of carbonyl (C=O) groups excluding carboxylic acids is 1. The molecule has 1 aliphatic heterocycles. The van der Waals surface area contributed by atoms with Crippen LogP contribution < -0.4 is 10.6 Å². The van der Waals surface area contributed by atoms with Gasteiger partial charge in [0.1, 0.15) is 0 Å². The van der Waals surface area contributed by atoms with Crippen molar-refractivity contribution < 1.29 is 4.79 Å². The molecule has 0 unspecified atom stereocenters. The fourth-order valence-electron chi connectivity index (χ4n) is 2.70. The van der Waals surface area contributed by atoms with Crippen molar-refractivity contribution in [1.82, 2.24) is 15.2 Å². The van der Waals surface area contributed by atoms with Crippen LogP contribution in [0.3, 0.4) is 0 Å². The number of nitrogens with zero attached hydrogens (tertiary/aromatic N) is 2. The highest BCUT2D eigenvalue weighted by Gasteiger charge is 2.22. The third kappa shape index (κ3) is 4.95. The Bertz CT molecular complexity index is 463. The predicted molar refractivity (Wildman–Crippen MR) is 85.6 cm³/mol. The van der Waals surface area contributed by atoms with E-state index in [0.29, 0.717) is 23.4 Å². The van der Waals surface area contributed by atoms with Gasteiger partial charge in [-0.25, -0.2) is 4.98 Å². The number of amides is 1. The Hall–Kier alpha value is -1.17. The number of pyridine rings is 1. The maximum absolute atomic E-state index is 12.2. The van der Waals surface area contributed by atoms with Crippen molar-refractivity contribution in [1.29, 1.82) is 0 Å². The highest BCUT2D eigenvalue weighted by molar-refractivity contribution is 6.32. The summed E-state index contributed by atoms with van der Waals surface area (Å²) in [6.07, 6.45) is 4.85. The van der Waals surface area contributed by atoms with E-state index in [2.05, 4.69) is 27.4 Å². The van der Waals surface area contributed by atoms with Crippen molar-refractivity contribution in [2.45, 2.75) is 32.2 Å². The molecule has 1 aromatic heterocycles. The zero-order valence-electron chi connectivity index (χ0n) is 12.4. The summed E-state index contributed by atoms with van der Waals surface area (Å²) in [6.45, 7) is 5.55. The monoisotopic (exact) mass is 310 g/mol. The second-order valence-corrected chi connectivity index (χ2v) is 5.70. The zero-order valence-corrected chi connectivity index (χ0v) is 13.2. The smallest absolute Gasteiger partial charge is 0.238 e. The van der Waals surface area contributed by atoms with Gasteiger partial charge in [0, 0.05) is 12.2 Å². The normalized spacial score (nSPS) is 16.1. The fraction of sp³-hybridized carbons (Fsp3) is 0.600. The Morgan fingerprint density at radius 3 is 2.95 bits per heavy atom. The van der Waals surface area contributed by atoms with E-state index in [4.69, 9.17) is 11.6 Å². The lowest BCUT2D eigenvalue weighted by Gasteiger charge is -2.34. The molecule has 2 N–H and O–H groups in total. The van der Waals surface area contributed by atoms with E-state index in [0.717, 1.165) is 38.9 Å². The number of rotatable bonds is 6. The molecular weight excluding hydrogens is 288 g/mol. The molecule has 1 aromatic rings. The number of anilines is 1. The number of aromatic nitrogens is 1. The van der Waals surface area contributed by atoms with E-state index in [-0.39, 0.29) is 5.91 Å². The van der Waals surface area contributed by atoms with E-state index >= 15 is 0 Å². The van der Waals surface area contributed by atoms with Crippen molar-refractivity contribution in [3.63, 3.8) is 0 Å². The van der Waals surface area contributed by atoms with Crippen molar-refractivity contribution in [3.8, 4) is 0 Å². The topological polar surface area (TPSA) is 57.3 Å². The molecule has 116 valence electrons. The molecule has 2 heterocycles. The first-order valence-corrected chi connectivity index (χ1v) is 7.93. The van der Waals surface area contributed by atoms with Crippen LogP contribution in [-0.4, -0.2) is 48.0 Å². The van der Waals surface area contributed by atoms with Crippen LogP contribution in [-0.2, 0) is 4.79 Å². The molecule has 0 bridgehead atoms. The van der Waals surface area contributed by atoms with Crippen LogP contribution in [0.5, 0.6) is 0 Å². The molecule has 0 saturated carbocycles. The van der Waals surface area contributed by atoms with Gasteiger partial charge in [0.2, 0.25) is 5.91 Å². The molecule has 0 aliphatic carbocycles. The average Bonchev–Trinajstić information content (AvgIpc) is 2.50. The van der Waals surface area contributed by atoms with Crippen molar-refractivity contribution >= 4 is 23.2 Å². The quantitative estimate of drug-likeness (QED) is 0.790. The Morgan fingerprint density at radius 2 is 2.29 bits per heavy atom. The molecule has 1 saturated heterocycles. The summed E-state index contributed by atoms with van der Waals surface area (Å²) in [5.41, 5.74) is 0.575. The summed E-state index contributed by atoms with van der Waals surface area (Å²) in [5, 5.41) is 6.54. The molecule has 6 heteroatoms. The molecule has 21 heavy (non-hydrogen) atoms. The van der Waals surface area contributed by atoms with Crippen LogP contribution in [0.25, 0.3) is 0 Å². The van der Waals surface area contributed by atoms with Crippen molar-refractivity contribution in [2.24, 2.45) is 0 Å². The molecule has 0 spiro atoms. The maximum atomic E-state index is 12.2. The highest BCUT2D eigenvalue weighted by Crippen LogP contribution is 2.18. The van der Waals surface area contributed by atoms with Crippen LogP contribution >= 0.6 is 11.6 Å². The van der Waals surface area contributed by atoms with Gasteiger partial charge in [-0.3, -0.25) is 9.69 Å². The van der Waals surface area contributed by atoms with Crippen molar-refractivity contribution in [2.75, 3.05) is 31.5 Å². The molecule has 0 atom stereocenters. The van der Waals surface area contributed by atoms with Gasteiger partial charge in [0.05, 0.1) is 12.2 Å². The minimum atomic E-state index is -0.0307. The third-order valence-corrected chi connectivity index (χ3v) is 4.02. The Kier molecular flexibility index (Phi) is 6.42. The van der Waals surface area contributed by atoms with Crippen LogP contribution in [0.15, 0.2) is 18.3 Å². The summed E-state index contributed by atoms with van der Waals surface area (Å²) >= 11 is 5.97. The van der Waals surface area contributed by atoms with Gasteiger partial charge in [0.15, 0.2) is 5.15 Å². The number of nitrogens with one attached hydrogen (secondary N) is 2. The standard InChI is InChI=1S/C15H23ClN4O/c1-2-10-20(12-5-8-17-9-6-12)11-14(21)19-13-4-3-7-18-15(13)16/h3-4,7,12,17H,2,5-6,8-11H2,1H3,(H,19,21). The summed E-state index contributed by atoms with van der Waals surface area (Å²) < 4.78 is 0. The fourth-order valence-corrected chi connectivity index (χ4v) is 2.87. The minimum absolute atomic E-state index is 0.0307. The average molecular weight is 311 g/mol. The summed E-state index contributed by atoms with van der Waals surface area (Å²) in [4.78, 5) is 18.5. The highest BCUT2D eigenvalue weighted by atomic mass is 35.5. The lowest BCUT2D eigenvalue weighted by atomic mass is 10.0. The maximum Gasteiger partial charge on any atom is 0.238 e. The summed E-state index contributed by atoms with van der Waals surface area (Å²) in [7, 11) is 0. The molecule has 5 nitrogen and oxygen atoms in total. The Balaban J connectivity index is 1.93. The Labute approximate surface area is 131 Å².